The molecule has 22 heavy (non-hydrogen) atoms. The lowest BCUT2D eigenvalue weighted by Gasteiger charge is -2.18. The summed E-state index contributed by atoms with van der Waals surface area (Å²) in [6.07, 6.45) is 2.06. The molecule has 0 saturated heterocycles. The molecule has 1 aliphatic heterocycles. The molecular weight excluding hydrogens is 300 g/mol. The lowest BCUT2D eigenvalue weighted by molar-refractivity contribution is 0.171. The largest absolute Gasteiger partial charge is 0.486 e. The Hall–Kier alpha value is -2.20. The molecule has 0 aliphatic carbocycles. The van der Waals surface area contributed by atoms with Crippen molar-refractivity contribution < 1.29 is 9.47 Å². The topological polar surface area (TPSA) is 35.8 Å². The summed E-state index contributed by atoms with van der Waals surface area (Å²) in [5.41, 5.74) is 4.92. The molecule has 0 atom stereocenters. The average molecular weight is 315 g/mol. The molecule has 2 aromatic heterocycles. The molecular formula is C17H15ClN2O2. The second-order valence-electron chi connectivity index (χ2n) is 5.33. The van der Waals surface area contributed by atoms with Crippen LogP contribution in [0.2, 0.25) is 0 Å². The fourth-order valence-electron chi connectivity index (χ4n) is 2.75. The third-order valence-electron chi connectivity index (χ3n) is 3.81. The van der Waals surface area contributed by atoms with Gasteiger partial charge in [0.2, 0.25) is 0 Å². The Bertz CT molecular complexity index is 857. The van der Waals surface area contributed by atoms with Crippen molar-refractivity contribution in [2.24, 2.45) is 0 Å². The number of aryl methyl sites for hydroxylation is 1. The third kappa shape index (κ3) is 2.11. The quantitative estimate of drug-likeness (QED) is 0.675. The zero-order chi connectivity index (χ0) is 15.1. The Kier molecular flexibility index (Phi) is 3.19. The molecule has 112 valence electrons. The fourth-order valence-corrected chi connectivity index (χ4v) is 3.00. The van der Waals surface area contributed by atoms with Crippen LogP contribution in [0.15, 0.2) is 36.5 Å². The van der Waals surface area contributed by atoms with Crippen LogP contribution in [0.1, 0.15) is 11.3 Å². The van der Waals surface area contributed by atoms with Crippen LogP contribution in [0.5, 0.6) is 11.5 Å². The second kappa shape index (κ2) is 5.21. The van der Waals surface area contributed by atoms with Gasteiger partial charge in [0.25, 0.3) is 0 Å². The van der Waals surface area contributed by atoms with Gasteiger partial charge >= 0.3 is 0 Å². The van der Waals surface area contributed by atoms with Gasteiger partial charge in [0.15, 0.2) is 11.5 Å². The third-order valence-corrected chi connectivity index (χ3v) is 4.06. The van der Waals surface area contributed by atoms with E-state index in [2.05, 4.69) is 17.5 Å². The lowest BCUT2D eigenvalue weighted by atomic mass is 10.1. The molecule has 0 unspecified atom stereocenters. The Morgan fingerprint density at radius 2 is 1.95 bits per heavy atom. The molecule has 3 heterocycles. The van der Waals surface area contributed by atoms with Crippen LogP contribution in [0.3, 0.4) is 0 Å². The van der Waals surface area contributed by atoms with E-state index in [0.717, 1.165) is 34.1 Å². The number of pyridine rings is 1. The number of rotatable bonds is 2. The number of fused-ring (bicyclic) bond motifs is 2. The number of hydrogen-bond donors (Lipinski definition) is 0. The molecule has 4 rings (SSSR count). The van der Waals surface area contributed by atoms with E-state index in [1.807, 2.05) is 30.3 Å². The van der Waals surface area contributed by atoms with E-state index in [4.69, 9.17) is 26.1 Å². The minimum absolute atomic E-state index is 0.397. The molecule has 4 nitrogen and oxygen atoms in total. The van der Waals surface area contributed by atoms with Gasteiger partial charge in [-0.1, -0.05) is 6.07 Å². The van der Waals surface area contributed by atoms with Crippen molar-refractivity contribution in [2.45, 2.75) is 12.8 Å². The Labute approximate surface area is 133 Å². The molecule has 0 amide bonds. The fraction of sp³-hybridized carbons (Fsp3) is 0.235. The molecule has 0 radical (unpaired) electrons. The van der Waals surface area contributed by atoms with Crippen molar-refractivity contribution in [2.75, 3.05) is 13.2 Å². The van der Waals surface area contributed by atoms with E-state index in [1.54, 1.807) is 0 Å². The van der Waals surface area contributed by atoms with Crippen molar-refractivity contribution >= 4 is 17.2 Å². The van der Waals surface area contributed by atoms with Crippen LogP contribution < -0.4 is 9.47 Å². The molecule has 1 aromatic carbocycles. The molecule has 3 aromatic rings. The van der Waals surface area contributed by atoms with Gasteiger partial charge in [0, 0.05) is 11.8 Å². The van der Waals surface area contributed by atoms with Crippen LogP contribution in [0.25, 0.3) is 16.9 Å². The second-order valence-corrected chi connectivity index (χ2v) is 5.60. The SMILES string of the molecule is Cc1ccc2nc(-c3ccc4c(c3)OCCO4)c(CCl)n2c1. The summed E-state index contributed by atoms with van der Waals surface area (Å²) < 4.78 is 13.3. The smallest absolute Gasteiger partial charge is 0.162 e. The molecule has 0 bridgehead atoms. The van der Waals surface area contributed by atoms with Crippen molar-refractivity contribution in [3.05, 3.63) is 47.8 Å². The zero-order valence-corrected chi connectivity index (χ0v) is 12.9. The normalized spacial score (nSPS) is 13.5. The summed E-state index contributed by atoms with van der Waals surface area (Å²) in [6, 6.07) is 9.95. The summed E-state index contributed by atoms with van der Waals surface area (Å²) in [5, 5.41) is 0. The molecule has 0 N–H and O–H groups in total. The Morgan fingerprint density at radius 1 is 1.14 bits per heavy atom. The number of alkyl halides is 1. The number of imidazole rings is 1. The average Bonchev–Trinajstić information content (AvgIpc) is 2.92. The van der Waals surface area contributed by atoms with Gasteiger partial charge < -0.3 is 13.9 Å². The Morgan fingerprint density at radius 3 is 2.77 bits per heavy atom. The number of nitrogens with zero attached hydrogens (tertiary/aromatic N) is 2. The predicted octanol–water partition coefficient (Wildman–Crippen LogP) is 3.82. The maximum atomic E-state index is 6.18. The highest BCUT2D eigenvalue weighted by atomic mass is 35.5. The van der Waals surface area contributed by atoms with E-state index >= 15 is 0 Å². The lowest BCUT2D eigenvalue weighted by Crippen LogP contribution is -2.15. The first kappa shape index (κ1) is 13.5. The first-order valence-electron chi connectivity index (χ1n) is 7.20. The van der Waals surface area contributed by atoms with Gasteiger partial charge in [-0.05, 0) is 36.8 Å². The molecule has 0 fully saturated rings. The molecule has 1 aliphatic rings. The summed E-state index contributed by atoms with van der Waals surface area (Å²) >= 11 is 6.18. The molecule has 0 saturated carbocycles. The number of aromatic nitrogens is 2. The summed E-state index contributed by atoms with van der Waals surface area (Å²) in [5.74, 6) is 1.94. The standard InChI is InChI=1S/C17H15ClN2O2/c1-11-2-5-16-19-17(13(9-18)20(16)10-11)12-3-4-14-15(8-12)22-7-6-21-14/h2-5,8,10H,6-7,9H2,1H3. The summed E-state index contributed by atoms with van der Waals surface area (Å²) in [6.45, 7) is 3.22. The highest BCUT2D eigenvalue weighted by Gasteiger charge is 2.17. The highest BCUT2D eigenvalue weighted by molar-refractivity contribution is 6.17. The summed E-state index contributed by atoms with van der Waals surface area (Å²) in [7, 11) is 0. The summed E-state index contributed by atoms with van der Waals surface area (Å²) in [4.78, 5) is 4.73. The number of benzene rings is 1. The van der Waals surface area contributed by atoms with E-state index in [0.29, 0.717) is 19.1 Å². The first-order valence-corrected chi connectivity index (χ1v) is 7.73. The molecule has 5 heteroatoms. The van der Waals surface area contributed by atoms with Gasteiger partial charge in [-0.25, -0.2) is 4.98 Å². The number of ether oxygens (including phenoxy) is 2. The van der Waals surface area contributed by atoms with Gasteiger partial charge in [-0.3, -0.25) is 0 Å². The minimum Gasteiger partial charge on any atom is -0.486 e. The van der Waals surface area contributed by atoms with Gasteiger partial charge in [0.05, 0.1) is 17.3 Å². The number of hydrogen-bond acceptors (Lipinski definition) is 3. The van der Waals surface area contributed by atoms with Crippen LogP contribution in [0, 0.1) is 6.92 Å². The van der Waals surface area contributed by atoms with Gasteiger partial charge in [-0.2, -0.15) is 0 Å². The number of halogens is 1. The van der Waals surface area contributed by atoms with Crippen LogP contribution in [-0.4, -0.2) is 22.6 Å². The van der Waals surface area contributed by atoms with Crippen LogP contribution in [-0.2, 0) is 5.88 Å². The first-order chi connectivity index (χ1) is 10.8. The van der Waals surface area contributed by atoms with Gasteiger partial charge in [0.1, 0.15) is 18.9 Å². The van der Waals surface area contributed by atoms with Crippen molar-refractivity contribution in [3.63, 3.8) is 0 Å². The van der Waals surface area contributed by atoms with Gasteiger partial charge in [-0.15, -0.1) is 11.6 Å². The van der Waals surface area contributed by atoms with E-state index in [9.17, 15) is 0 Å². The minimum atomic E-state index is 0.397. The maximum absolute atomic E-state index is 6.18. The predicted molar refractivity (Wildman–Crippen MR) is 85.9 cm³/mol. The van der Waals surface area contributed by atoms with Crippen LogP contribution in [0.4, 0.5) is 0 Å². The van der Waals surface area contributed by atoms with E-state index in [1.165, 1.54) is 5.56 Å². The highest BCUT2D eigenvalue weighted by Crippen LogP contribution is 2.35. The monoisotopic (exact) mass is 314 g/mol. The van der Waals surface area contributed by atoms with E-state index in [-0.39, 0.29) is 0 Å². The van der Waals surface area contributed by atoms with Crippen molar-refractivity contribution in [1.82, 2.24) is 9.38 Å². The Balaban J connectivity index is 1.90. The zero-order valence-electron chi connectivity index (χ0n) is 12.2. The van der Waals surface area contributed by atoms with E-state index < -0.39 is 0 Å². The molecule has 0 spiro atoms. The van der Waals surface area contributed by atoms with Crippen molar-refractivity contribution in [3.8, 4) is 22.8 Å². The maximum Gasteiger partial charge on any atom is 0.162 e. The van der Waals surface area contributed by atoms with Crippen molar-refractivity contribution in [1.29, 1.82) is 0 Å². The van der Waals surface area contributed by atoms with Crippen LogP contribution >= 0.6 is 11.6 Å².